The van der Waals surface area contributed by atoms with Crippen LogP contribution in [0.1, 0.15) is 93.4 Å². The van der Waals surface area contributed by atoms with Crippen molar-refractivity contribution in [3.8, 4) is 6.07 Å². The summed E-state index contributed by atoms with van der Waals surface area (Å²) in [6.45, 7) is 12.9. The number of carboxylic acids is 1. The van der Waals surface area contributed by atoms with E-state index in [1.807, 2.05) is 26.8 Å². The standard InChI is InChI=1S/C26H46N4O6/c1-9-10-12-18(4)16-20(23(32)30(8)21(24(33)34)15-17(2)3)28-22(31)19(13-11-14-27)29-25(35)36-26(5,6)7/h17-21H,9-13,15-16H2,1-8H3,(H,28,31)(H,29,35)(H,33,34)/t18-,19-,20+,21+/m1/s1. The Morgan fingerprint density at radius 3 is 2.11 bits per heavy atom. The Morgan fingerprint density at radius 2 is 1.64 bits per heavy atom. The average molecular weight is 511 g/mol. The van der Waals surface area contributed by atoms with Gasteiger partial charge in [0.2, 0.25) is 11.8 Å². The highest BCUT2D eigenvalue weighted by Gasteiger charge is 2.34. The van der Waals surface area contributed by atoms with E-state index < -0.39 is 47.6 Å². The molecule has 206 valence electrons. The SMILES string of the molecule is CCCC[C@@H](C)C[C@H](NC(=O)[C@@H](CCC#N)NC(=O)OC(C)(C)C)C(=O)N(C)[C@@H](CC(C)C)C(=O)O. The van der Waals surface area contributed by atoms with Crippen LogP contribution in [0, 0.1) is 23.2 Å². The van der Waals surface area contributed by atoms with Crippen LogP contribution in [0.4, 0.5) is 4.79 Å². The van der Waals surface area contributed by atoms with Crippen LogP contribution in [0.5, 0.6) is 0 Å². The van der Waals surface area contributed by atoms with E-state index in [0.29, 0.717) is 6.42 Å². The Hall–Kier alpha value is -2.83. The van der Waals surface area contributed by atoms with Crippen LogP contribution in [0.15, 0.2) is 0 Å². The molecule has 10 nitrogen and oxygen atoms in total. The van der Waals surface area contributed by atoms with Crippen molar-refractivity contribution in [2.75, 3.05) is 7.05 Å². The van der Waals surface area contributed by atoms with Gasteiger partial charge in [0.1, 0.15) is 23.7 Å². The number of likely N-dealkylation sites (N-methyl/N-ethyl adjacent to an activating group) is 1. The molecule has 0 spiro atoms. The quantitative estimate of drug-likeness (QED) is 0.303. The number of nitrogens with zero attached hydrogens (tertiary/aromatic N) is 2. The summed E-state index contributed by atoms with van der Waals surface area (Å²) >= 11 is 0. The summed E-state index contributed by atoms with van der Waals surface area (Å²) in [5.41, 5.74) is -0.779. The Balaban J connectivity index is 5.85. The number of alkyl carbamates (subject to hydrolysis) is 1. The van der Waals surface area contributed by atoms with E-state index in [0.717, 1.165) is 19.3 Å². The number of unbranched alkanes of at least 4 members (excludes halogenated alkanes) is 1. The molecule has 0 rings (SSSR count). The summed E-state index contributed by atoms with van der Waals surface area (Å²) in [7, 11) is 1.44. The topological polar surface area (TPSA) is 149 Å². The fraction of sp³-hybridized carbons (Fsp3) is 0.808. The van der Waals surface area contributed by atoms with E-state index in [4.69, 9.17) is 10.00 Å². The molecule has 3 N–H and O–H groups in total. The zero-order valence-corrected chi connectivity index (χ0v) is 23.2. The lowest BCUT2D eigenvalue weighted by atomic mass is 9.94. The van der Waals surface area contributed by atoms with E-state index >= 15 is 0 Å². The minimum atomic E-state index is -1.11. The van der Waals surface area contributed by atoms with Gasteiger partial charge >= 0.3 is 12.1 Å². The molecule has 0 radical (unpaired) electrons. The second kappa shape index (κ2) is 16.0. The van der Waals surface area contributed by atoms with Gasteiger partial charge in [0.15, 0.2) is 0 Å². The zero-order valence-electron chi connectivity index (χ0n) is 23.2. The molecule has 36 heavy (non-hydrogen) atoms. The van der Waals surface area contributed by atoms with Crippen molar-refractivity contribution >= 4 is 23.9 Å². The Kier molecular flexibility index (Phi) is 14.8. The van der Waals surface area contributed by atoms with E-state index in [1.165, 1.54) is 11.9 Å². The molecule has 0 bridgehead atoms. The predicted molar refractivity (Wildman–Crippen MR) is 137 cm³/mol. The molecule has 3 amide bonds. The number of hydrogen-bond donors (Lipinski definition) is 3. The Labute approximate surface area is 216 Å². The second-order valence-electron chi connectivity index (χ2n) is 10.9. The van der Waals surface area contributed by atoms with Gasteiger partial charge in [-0.05, 0) is 51.9 Å². The Morgan fingerprint density at radius 1 is 1.03 bits per heavy atom. The summed E-state index contributed by atoms with van der Waals surface area (Å²) in [5, 5.41) is 23.9. The number of amides is 3. The number of nitriles is 1. The number of rotatable bonds is 15. The largest absolute Gasteiger partial charge is 0.480 e. The molecule has 10 heteroatoms. The van der Waals surface area contributed by atoms with Crippen LogP contribution in [-0.4, -0.2) is 64.7 Å². The lowest BCUT2D eigenvalue weighted by molar-refractivity contribution is -0.151. The number of hydrogen-bond acceptors (Lipinski definition) is 6. The molecule has 0 heterocycles. The number of carbonyl (C=O) groups excluding carboxylic acids is 3. The van der Waals surface area contributed by atoms with Crippen LogP contribution in [0.3, 0.4) is 0 Å². The molecular formula is C26H46N4O6. The van der Waals surface area contributed by atoms with Crippen LogP contribution >= 0.6 is 0 Å². The number of aliphatic carboxylic acids is 1. The first-order valence-corrected chi connectivity index (χ1v) is 12.8. The van der Waals surface area contributed by atoms with Gasteiger partial charge < -0.3 is 25.4 Å². The maximum absolute atomic E-state index is 13.4. The van der Waals surface area contributed by atoms with Crippen molar-refractivity contribution in [1.29, 1.82) is 5.26 Å². The van der Waals surface area contributed by atoms with Crippen molar-refractivity contribution in [1.82, 2.24) is 15.5 Å². The highest BCUT2D eigenvalue weighted by molar-refractivity contribution is 5.92. The normalized spacial score (nSPS) is 14.7. The molecule has 0 aliphatic carbocycles. The van der Waals surface area contributed by atoms with Gasteiger partial charge in [-0.15, -0.1) is 0 Å². The van der Waals surface area contributed by atoms with Gasteiger partial charge in [0, 0.05) is 13.5 Å². The van der Waals surface area contributed by atoms with Crippen LogP contribution in [-0.2, 0) is 19.1 Å². The molecule has 0 unspecified atom stereocenters. The average Bonchev–Trinajstić information content (AvgIpc) is 2.75. The fourth-order valence-electron chi connectivity index (χ4n) is 3.76. The van der Waals surface area contributed by atoms with Crippen molar-refractivity contribution in [3.05, 3.63) is 0 Å². The lowest BCUT2D eigenvalue weighted by Crippen LogP contribution is -2.56. The summed E-state index contributed by atoms with van der Waals surface area (Å²) in [5.74, 6) is -2.09. The van der Waals surface area contributed by atoms with E-state index in [1.54, 1.807) is 20.8 Å². The third kappa shape index (κ3) is 13.3. The van der Waals surface area contributed by atoms with Crippen molar-refractivity contribution in [3.63, 3.8) is 0 Å². The molecule has 4 atom stereocenters. The number of nitrogens with one attached hydrogen (secondary N) is 2. The highest BCUT2D eigenvalue weighted by atomic mass is 16.6. The predicted octanol–water partition coefficient (Wildman–Crippen LogP) is 3.84. The molecule has 0 fully saturated rings. The van der Waals surface area contributed by atoms with E-state index in [2.05, 4.69) is 17.6 Å². The van der Waals surface area contributed by atoms with Crippen LogP contribution < -0.4 is 10.6 Å². The number of carboxylic acid groups (broad SMARTS) is 1. The van der Waals surface area contributed by atoms with Crippen molar-refractivity contribution < 1.29 is 29.0 Å². The maximum Gasteiger partial charge on any atom is 0.408 e. The van der Waals surface area contributed by atoms with Gasteiger partial charge in [0.05, 0.1) is 6.07 Å². The van der Waals surface area contributed by atoms with Gasteiger partial charge in [-0.25, -0.2) is 9.59 Å². The first-order valence-electron chi connectivity index (χ1n) is 12.8. The van der Waals surface area contributed by atoms with E-state index in [-0.39, 0.29) is 31.1 Å². The molecule has 0 aromatic carbocycles. The van der Waals surface area contributed by atoms with Gasteiger partial charge in [-0.3, -0.25) is 9.59 Å². The van der Waals surface area contributed by atoms with Crippen molar-refractivity contribution in [2.45, 2.75) is 117 Å². The zero-order chi connectivity index (χ0) is 28.1. The summed E-state index contributed by atoms with van der Waals surface area (Å²) in [6, 6.07) is -1.14. The minimum Gasteiger partial charge on any atom is -0.480 e. The van der Waals surface area contributed by atoms with Gasteiger partial charge in [0.25, 0.3) is 0 Å². The first-order chi connectivity index (χ1) is 16.6. The van der Waals surface area contributed by atoms with Crippen LogP contribution in [0.2, 0.25) is 0 Å². The molecular weight excluding hydrogens is 464 g/mol. The monoisotopic (exact) mass is 510 g/mol. The fourth-order valence-corrected chi connectivity index (χ4v) is 3.76. The molecule has 0 aromatic rings. The molecule has 0 saturated heterocycles. The Bertz CT molecular complexity index is 771. The molecule has 0 aliphatic heterocycles. The van der Waals surface area contributed by atoms with E-state index in [9.17, 15) is 24.3 Å². The molecule has 0 aliphatic rings. The highest BCUT2D eigenvalue weighted by Crippen LogP contribution is 2.18. The lowest BCUT2D eigenvalue weighted by Gasteiger charge is -2.32. The maximum atomic E-state index is 13.4. The first kappa shape index (κ1) is 33.2. The summed E-state index contributed by atoms with van der Waals surface area (Å²) in [4.78, 5) is 52.0. The smallest absolute Gasteiger partial charge is 0.408 e. The third-order valence-electron chi connectivity index (χ3n) is 5.65. The minimum absolute atomic E-state index is 0.00871. The summed E-state index contributed by atoms with van der Waals surface area (Å²) in [6.07, 6.45) is 2.63. The van der Waals surface area contributed by atoms with Gasteiger partial charge in [-0.1, -0.05) is 47.0 Å². The number of carbonyl (C=O) groups is 4. The molecule has 0 aromatic heterocycles. The van der Waals surface area contributed by atoms with Crippen LogP contribution in [0.25, 0.3) is 0 Å². The van der Waals surface area contributed by atoms with Crippen molar-refractivity contribution in [2.24, 2.45) is 11.8 Å². The third-order valence-corrected chi connectivity index (χ3v) is 5.65. The summed E-state index contributed by atoms with van der Waals surface area (Å²) < 4.78 is 5.24. The van der Waals surface area contributed by atoms with Gasteiger partial charge in [-0.2, -0.15) is 5.26 Å². The second-order valence-corrected chi connectivity index (χ2v) is 10.9. The molecule has 0 saturated carbocycles. The number of ether oxygens (including phenoxy) is 1.